The van der Waals surface area contributed by atoms with Crippen molar-refractivity contribution in [2.24, 2.45) is 0 Å². The van der Waals surface area contributed by atoms with Gasteiger partial charge in [0, 0.05) is 5.02 Å². The Morgan fingerprint density at radius 2 is 1.92 bits per heavy atom. The predicted octanol–water partition coefficient (Wildman–Crippen LogP) is 3.51. The third-order valence-electron chi connectivity index (χ3n) is 3.88. The van der Waals surface area contributed by atoms with E-state index in [0.29, 0.717) is 10.7 Å². The predicted molar refractivity (Wildman–Crippen MR) is 107 cm³/mol. The van der Waals surface area contributed by atoms with Crippen LogP contribution in [0.1, 0.15) is 12.5 Å². The van der Waals surface area contributed by atoms with Crippen LogP contribution in [0.25, 0.3) is 16.7 Å². The summed E-state index contributed by atoms with van der Waals surface area (Å²) in [7, 11) is 0. The van der Waals surface area contributed by atoms with Gasteiger partial charge in [-0.25, -0.2) is 9.55 Å². The first-order valence-electron chi connectivity index (χ1n) is 8.21. The van der Waals surface area contributed by atoms with Crippen molar-refractivity contribution >= 4 is 46.0 Å². The molecule has 0 bridgehead atoms. The lowest BCUT2D eigenvalue weighted by Gasteiger charge is -2.10. The number of aromatic amines is 1. The van der Waals surface area contributed by atoms with Crippen molar-refractivity contribution in [3.63, 3.8) is 0 Å². The number of rotatable bonds is 7. The SMILES string of the molecule is C=C(NNC(=O)CSc1[nH]c2ccccc2[n+]1CC)c1ccc(Cl)cc1. The van der Waals surface area contributed by atoms with Crippen LogP contribution in [0.3, 0.4) is 0 Å². The van der Waals surface area contributed by atoms with E-state index in [0.717, 1.165) is 28.3 Å². The number of hydrogen-bond donors (Lipinski definition) is 3. The Hall–Kier alpha value is -2.44. The van der Waals surface area contributed by atoms with Crippen molar-refractivity contribution in [1.29, 1.82) is 0 Å². The number of aromatic nitrogens is 2. The minimum Gasteiger partial charge on any atom is -0.299 e. The Morgan fingerprint density at radius 1 is 1.19 bits per heavy atom. The molecular formula is C19H20ClN4OS+. The monoisotopic (exact) mass is 387 g/mol. The molecular weight excluding hydrogens is 368 g/mol. The summed E-state index contributed by atoms with van der Waals surface area (Å²) >= 11 is 7.33. The number of carbonyl (C=O) groups is 1. The Morgan fingerprint density at radius 3 is 2.65 bits per heavy atom. The zero-order valence-corrected chi connectivity index (χ0v) is 16.0. The number of nitrogens with one attached hydrogen (secondary N) is 3. The number of thioether (sulfide) groups is 1. The van der Waals surface area contributed by atoms with Crippen LogP contribution in [0.5, 0.6) is 0 Å². The number of para-hydroxylation sites is 2. The van der Waals surface area contributed by atoms with Gasteiger partial charge in [-0.1, -0.05) is 42.4 Å². The Labute approximate surface area is 161 Å². The van der Waals surface area contributed by atoms with E-state index in [2.05, 4.69) is 40.0 Å². The molecule has 0 aliphatic rings. The number of H-pyrrole nitrogens is 1. The fourth-order valence-electron chi connectivity index (χ4n) is 2.57. The molecule has 3 rings (SSSR count). The van der Waals surface area contributed by atoms with Gasteiger partial charge < -0.3 is 0 Å². The summed E-state index contributed by atoms with van der Waals surface area (Å²) < 4.78 is 2.16. The molecule has 134 valence electrons. The first-order chi connectivity index (χ1) is 12.6. The molecule has 0 fully saturated rings. The van der Waals surface area contributed by atoms with Gasteiger partial charge in [0.1, 0.15) is 0 Å². The summed E-state index contributed by atoms with van der Waals surface area (Å²) in [5.41, 5.74) is 9.18. The summed E-state index contributed by atoms with van der Waals surface area (Å²) in [5, 5.41) is 1.62. The summed E-state index contributed by atoms with van der Waals surface area (Å²) in [5.74, 6) is 0.152. The van der Waals surface area contributed by atoms with Crippen LogP contribution in [-0.2, 0) is 11.3 Å². The highest BCUT2D eigenvalue weighted by Crippen LogP contribution is 2.17. The second-order valence-corrected chi connectivity index (χ2v) is 7.04. The fourth-order valence-corrected chi connectivity index (χ4v) is 3.60. The van der Waals surface area contributed by atoms with Crippen LogP contribution in [0.15, 0.2) is 60.3 Å². The molecule has 0 unspecified atom stereocenters. The van der Waals surface area contributed by atoms with E-state index in [9.17, 15) is 4.79 Å². The number of benzene rings is 2. The molecule has 1 aromatic heterocycles. The molecule has 0 saturated heterocycles. The van der Waals surface area contributed by atoms with Crippen LogP contribution >= 0.6 is 23.4 Å². The molecule has 7 heteroatoms. The largest absolute Gasteiger partial charge is 0.317 e. The van der Waals surface area contributed by atoms with Gasteiger partial charge in [0.2, 0.25) is 5.91 Å². The number of nitrogens with zero attached hydrogens (tertiary/aromatic N) is 1. The highest BCUT2D eigenvalue weighted by molar-refractivity contribution is 7.99. The maximum absolute atomic E-state index is 12.1. The first kappa shape index (κ1) is 18.4. The second kappa shape index (κ2) is 8.29. The molecule has 3 N–H and O–H groups in total. The van der Waals surface area contributed by atoms with Crippen molar-refractivity contribution in [1.82, 2.24) is 15.8 Å². The lowest BCUT2D eigenvalue weighted by atomic mass is 10.2. The van der Waals surface area contributed by atoms with Crippen molar-refractivity contribution in [3.8, 4) is 0 Å². The third kappa shape index (κ3) is 4.20. The van der Waals surface area contributed by atoms with Gasteiger partial charge in [-0.3, -0.25) is 15.6 Å². The van der Waals surface area contributed by atoms with E-state index in [1.54, 1.807) is 12.1 Å². The molecule has 1 heterocycles. The molecule has 26 heavy (non-hydrogen) atoms. The van der Waals surface area contributed by atoms with Gasteiger partial charge >= 0.3 is 5.16 Å². The van der Waals surface area contributed by atoms with E-state index < -0.39 is 0 Å². The summed E-state index contributed by atoms with van der Waals surface area (Å²) in [6.07, 6.45) is 0. The second-order valence-electron chi connectivity index (χ2n) is 5.64. The number of carbonyl (C=O) groups excluding carboxylic acids is 1. The summed E-state index contributed by atoms with van der Waals surface area (Å²) in [6.45, 7) is 6.83. The van der Waals surface area contributed by atoms with Gasteiger partial charge in [-0.15, -0.1) is 0 Å². The maximum atomic E-state index is 12.1. The van der Waals surface area contributed by atoms with Crippen molar-refractivity contribution in [3.05, 3.63) is 65.7 Å². The molecule has 0 radical (unpaired) electrons. The Balaban J connectivity index is 1.56. The maximum Gasteiger partial charge on any atom is 0.317 e. The zero-order valence-electron chi connectivity index (χ0n) is 14.4. The molecule has 0 aliphatic carbocycles. The van der Waals surface area contributed by atoms with E-state index in [1.165, 1.54) is 11.8 Å². The topological polar surface area (TPSA) is 60.8 Å². The van der Waals surface area contributed by atoms with Crippen LogP contribution in [0, 0.1) is 0 Å². The molecule has 0 spiro atoms. The van der Waals surface area contributed by atoms with Crippen molar-refractivity contribution in [2.75, 3.05) is 5.75 Å². The van der Waals surface area contributed by atoms with Gasteiger partial charge in [0.05, 0.1) is 18.0 Å². The minimum atomic E-state index is -0.133. The van der Waals surface area contributed by atoms with E-state index in [4.69, 9.17) is 11.6 Å². The average molecular weight is 388 g/mol. The number of imidazole rings is 1. The molecule has 5 nitrogen and oxygen atoms in total. The smallest absolute Gasteiger partial charge is 0.299 e. The van der Waals surface area contributed by atoms with Crippen molar-refractivity contribution < 1.29 is 9.36 Å². The van der Waals surface area contributed by atoms with Crippen LogP contribution in [0.2, 0.25) is 5.02 Å². The molecule has 2 aromatic carbocycles. The average Bonchev–Trinajstić information content (AvgIpc) is 3.02. The van der Waals surface area contributed by atoms with Crippen molar-refractivity contribution in [2.45, 2.75) is 18.6 Å². The number of fused-ring (bicyclic) bond motifs is 1. The van der Waals surface area contributed by atoms with E-state index >= 15 is 0 Å². The molecule has 1 amide bonds. The van der Waals surface area contributed by atoms with Gasteiger partial charge in [-0.2, -0.15) is 0 Å². The number of amides is 1. The highest BCUT2D eigenvalue weighted by atomic mass is 35.5. The standard InChI is InChI=1S/C19H19ClN4OS/c1-3-24-17-7-5-4-6-16(17)21-19(24)26-12-18(25)23-22-13(2)14-8-10-15(20)11-9-14/h4-11,22H,2-3,12H2,1H3,(H,23,25)/p+1. The Bertz CT molecular complexity index is 936. The number of halogens is 1. The van der Waals surface area contributed by atoms with Gasteiger partial charge in [0.15, 0.2) is 11.0 Å². The molecule has 0 saturated carbocycles. The molecule has 0 atom stereocenters. The van der Waals surface area contributed by atoms with Gasteiger partial charge in [-0.05, 0) is 48.5 Å². The normalized spacial score (nSPS) is 10.7. The highest BCUT2D eigenvalue weighted by Gasteiger charge is 2.18. The first-order valence-corrected chi connectivity index (χ1v) is 9.58. The van der Waals surface area contributed by atoms with Crippen LogP contribution in [0.4, 0.5) is 0 Å². The number of hydrogen-bond acceptors (Lipinski definition) is 3. The third-order valence-corrected chi connectivity index (χ3v) is 5.14. The number of aryl methyl sites for hydroxylation is 1. The number of hydrazine groups is 1. The quantitative estimate of drug-likeness (QED) is 0.330. The summed E-state index contributed by atoms with van der Waals surface area (Å²) in [6, 6.07) is 15.3. The molecule has 3 aromatic rings. The lowest BCUT2D eigenvalue weighted by Crippen LogP contribution is -2.38. The van der Waals surface area contributed by atoms with Gasteiger partial charge in [0.25, 0.3) is 0 Å². The summed E-state index contributed by atoms with van der Waals surface area (Å²) in [4.78, 5) is 15.5. The Kier molecular flexibility index (Phi) is 5.85. The van der Waals surface area contributed by atoms with E-state index in [1.807, 2.05) is 30.3 Å². The van der Waals surface area contributed by atoms with Crippen LogP contribution < -0.4 is 15.4 Å². The minimum absolute atomic E-state index is 0.133. The van der Waals surface area contributed by atoms with E-state index in [-0.39, 0.29) is 11.7 Å². The fraction of sp³-hybridized carbons (Fsp3) is 0.158. The molecule has 0 aliphatic heterocycles. The zero-order chi connectivity index (χ0) is 18.5. The lowest BCUT2D eigenvalue weighted by molar-refractivity contribution is -0.705. The van der Waals surface area contributed by atoms with Crippen LogP contribution in [-0.4, -0.2) is 16.6 Å².